The predicted octanol–water partition coefficient (Wildman–Crippen LogP) is 12.1. The van der Waals surface area contributed by atoms with Crippen LogP contribution in [-0.2, 0) is 0 Å². The van der Waals surface area contributed by atoms with E-state index in [1.54, 1.807) is 11.8 Å². The molecule has 234 valence electrons. The smallest absolute Gasteiger partial charge is 0.235 e. The van der Waals surface area contributed by atoms with Gasteiger partial charge in [-0.1, -0.05) is 109 Å². The Hall–Kier alpha value is -6.37. The first-order valence-electron chi connectivity index (χ1n) is 16.7. The number of fused-ring (bicyclic) bond motifs is 8. The van der Waals surface area contributed by atoms with Crippen molar-refractivity contribution in [1.82, 2.24) is 14.5 Å². The fourth-order valence-electron chi connectivity index (χ4n) is 7.53. The lowest BCUT2D eigenvalue weighted by Gasteiger charge is -2.38. The molecular weight excluding hydrogens is 633 g/mol. The van der Waals surface area contributed by atoms with Crippen LogP contribution in [0.1, 0.15) is 0 Å². The Kier molecular flexibility index (Phi) is 5.82. The lowest BCUT2D eigenvalue weighted by atomic mass is 10.0. The first-order chi connectivity index (χ1) is 24.8. The first-order valence-corrected chi connectivity index (χ1v) is 17.5. The zero-order chi connectivity index (χ0) is 32.8. The molecule has 0 bridgehead atoms. The fourth-order valence-corrected chi connectivity index (χ4v) is 8.65. The molecule has 2 aliphatic heterocycles. The summed E-state index contributed by atoms with van der Waals surface area (Å²) in [6.07, 6.45) is 0. The number of ether oxygens (including phenoxy) is 1. The van der Waals surface area contributed by atoms with Crippen molar-refractivity contribution < 1.29 is 4.74 Å². The maximum absolute atomic E-state index is 6.33. The van der Waals surface area contributed by atoms with Crippen molar-refractivity contribution in [2.24, 2.45) is 0 Å². The van der Waals surface area contributed by atoms with E-state index in [1.807, 2.05) is 24.3 Å². The largest absolute Gasteiger partial charge is 0.453 e. The quantitative estimate of drug-likeness (QED) is 0.189. The SMILES string of the molecule is c1ccc(-c2nc(-n3c4ccccc4c4cc(-c5ccc6c(c5)Sc5cccc7c5N6c5ccccc5O7)ccc43)nc3ccccc23)cc1. The summed E-state index contributed by atoms with van der Waals surface area (Å²) in [5, 5.41) is 3.37. The van der Waals surface area contributed by atoms with Crippen molar-refractivity contribution in [2.45, 2.75) is 9.79 Å². The van der Waals surface area contributed by atoms with Crippen molar-refractivity contribution in [3.63, 3.8) is 0 Å². The van der Waals surface area contributed by atoms with Crippen LogP contribution in [0, 0.1) is 0 Å². The number of hydrogen-bond acceptors (Lipinski definition) is 5. The van der Waals surface area contributed by atoms with Crippen LogP contribution in [-0.4, -0.2) is 14.5 Å². The molecule has 0 saturated carbocycles. The van der Waals surface area contributed by atoms with Crippen molar-refractivity contribution in [2.75, 3.05) is 4.90 Å². The summed E-state index contributed by atoms with van der Waals surface area (Å²) in [4.78, 5) is 15.1. The highest BCUT2D eigenvalue weighted by molar-refractivity contribution is 7.99. The van der Waals surface area contributed by atoms with Crippen molar-refractivity contribution in [3.05, 3.63) is 158 Å². The Balaban J connectivity index is 1.07. The molecule has 0 aliphatic carbocycles. The van der Waals surface area contributed by atoms with Gasteiger partial charge in [-0.3, -0.25) is 4.57 Å². The van der Waals surface area contributed by atoms with Gasteiger partial charge in [-0.25, -0.2) is 9.97 Å². The molecule has 0 N–H and O–H groups in total. The minimum Gasteiger partial charge on any atom is -0.453 e. The van der Waals surface area contributed by atoms with Crippen LogP contribution in [0.25, 0.3) is 61.0 Å². The molecule has 7 aromatic carbocycles. The predicted molar refractivity (Wildman–Crippen MR) is 204 cm³/mol. The highest BCUT2D eigenvalue weighted by Gasteiger charge is 2.33. The number of rotatable bonds is 3. The van der Waals surface area contributed by atoms with Gasteiger partial charge in [0.25, 0.3) is 0 Å². The van der Waals surface area contributed by atoms with E-state index in [9.17, 15) is 0 Å². The van der Waals surface area contributed by atoms with Crippen molar-refractivity contribution in [1.29, 1.82) is 0 Å². The Morgan fingerprint density at radius 3 is 2.16 bits per heavy atom. The molecule has 0 fully saturated rings. The van der Waals surface area contributed by atoms with Gasteiger partial charge in [-0.2, -0.15) is 0 Å². The van der Waals surface area contributed by atoms with Crippen LogP contribution in [0.3, 0.4) is 0 Å². The third-order valence-corrected chi connectivity index (χ3v) is 10.9. The van der Waals surface area contributed by atoms with Crippen molar-refractivity contribution in [3.8, 4) is 39.8 Å². The summed E-state index contributed by atoms with van der Waals surface area (Å²) < 4.78 is 8.54. The summed E-state index contributed by atoms with van der Waals surface area (Å²) in [6.45, 7) is 0. The summed E-state index contributed by atoms with van der Waals surface area (Å²) in [5.74, 6) is 2.42. The van der Waals surface area contributed by atoms with Gasteiger partial charge in [0.05, 0.1) is 33.6 Å². The van der Waals surface area contributed by atoms with Gasteiger partial charge < -0.3 is 9.64 Å². The van der Waals surface area contributed by atoms with Gasteiger partial charge in [-0.15, -0.1) is 0 Å². The topological polar surface area (TPSA) is 43.2 Å². The third-order valence-electron chi connectivity index (χ3n) is 9.78. The molecule has 9 aromatic rings. The Bertz CT molecular complexity index is 2840. The molecule has 11 rings (SSSR count). The van der Waals surface area contributed by atoms with Crippen LogP contribution in [0.2, 0.25) is 0 Å². The molecule has 2 aliphatic rings. The van der Waals surface area contributed by atoms with Crippen LogP contribution in [0.4, 0.5) is 17.1 Å². The molecule has 0 atom stereocenters. The molecule has 0 spiro atoms. The number of hydrogen-bond donors (Lipinski definition) is 0. The average Bonchev–Trinajstić information content (AvgIpc) is 3.51. The normalized spacial score (nSPS) is 12.8. The second-order valence-electron chi connectivity index (χ2n) is 12.6. The fraction of sp³-hybridized carbons (Fsp3) is 0. The van der Waals surface area contributed by atoms with Gasteiger partial charge in [0.2, 0.25) is 5.95 Å². The van der Waals surface area contributed by atoms with E-state index in [2.05, 4.69) is 143 Å². The van der Waals surface area contributed by atoms with Crippen LogP contribution < -0.4 is 9.64 Å². The van der Waals surface area contributed by atoms with Gasteiger partial charge in [0, 0.05) is 31.5 Å². The minimum atomic E-state index is 0.663. The number of para-hydroxylation sites is 5. The van der Waals surface area contributed by atoms with Gasteiger partial charge in [-0.05, 0) is 71.8 Å². The first kappa shape index (κ1) is 27.6. The summed E-state index contributed by atoms with van der Waals surface area (Å²) in [6, 6.07) is 55.4. The van der Waals surface area contributed by atoms with Gasteiger partial charge >= 0.3 is 0 Å². The molecule has 0 radical (unpaired) electrons. The zero-order valence-electron chi connectivity index (χ0n) is 26.6. The lowest BCUT2D eigenvalue weighted by molar-refractivity contribution is 0.475. The van der Waals surface area contributed by atoms with Crippen LogP contribution >= 0.6 is 11.8 Å². The average molecular weight is 659 g/mol. The number of benzene rings is 7. The zero-order valence-corrected chi connectivity index (χ0v) is 27.4. The Morgan fingerprint density at radius 1 is 0.480 bits per heavy atom. The summed E-state index contributed by atoms with van der Waals surface area (Å²) in [7, 11) is 0. The van der Waals surface area contributed by atoms with E-state index in [0.717, 1.165) is 67.3 Å². The molecule has 4 heterocycles. The van der Waals surface area contributed by atoms with Crippen LogP contribution in [0.5, 0.6) is 11.5 Å². The van der Waals surface area contributed by atoms with E-state index >= 15 is 0 Å². The molecule has 0 saturated heterocycles. The number of nitrogens with zero attached hydrogens (tertiary/aromatic N) is 4. The molecule has 0 unspecified atom stereocenters. The van der Waals surface area contributed by atoms with Crippen molar-refractivity contribution >= 4 is 61.5 Å². The standard InChI is InChI=1S/C44H26N4OS/c1-2-11-27(12-3-1)42-31-14-4-6-15-33(31)45-44(46-42)48-34-16-7-5-13-30(34)32-25-28(21-23-35(32)48)29-22-24-37-41(26-29)50-40-20-10-19-39-43(40)47(37)36-17-8-9-18-38(36)49-39/h1-26H. The molecule has 2 aromatic heterocycles. The second kappa shape index (κ2) is 10.6. The van der Waals surface area contributed by atoms with Crippen LogP contribution in [0.15, 0.2) is 168 Å². The summed E-state index contributed by atoms with van der Waals surface area (Å²) >= 11 is 1.80. The second-order valence-corrected chi connectivity index (χ2v) is 13.7. The monoisotopic (exact) mass is 658 g/mol. The van der Waals surface area contributed by atoms with E-state index in [4.69, 9.17) is 14.7 Å². The third kappa shape index (κ3) is 4.03. The molecule has 5 nitrogen and oxygen atoms in total. The Morgan fingerprint density at radius 2 is 1.22 bits per heavy atom. The highest BCUT2D eigenvalue weighted by Crippen LogP contribution is 2.60. The number of aromatic nitrogens is 3. The van der Waals surface area contributed by atoms with E-state index in [-0.39, 0.29) is 0 Å². The van der Waals surface area contributed by atoms with E-state index in [0.29, 0.717) is 5.95 Å². The maximum atomic E-state index is 6.33. The number of anilines is 3. The molecule has 0 amide bonds. The maximum Gasteiger partial charge on any atom is 0.235 e. The molecule has 50 heavy (non-hydrogen) atoms. The van der Waals surface area contributed by atoms with Gasteiger partial charge in [0.15, 0.2) is 11.5 Å². The minimum absolute atomic E-state index is 0.663. The Labute approximate surface area is 292 Å². The summed E-state index contributed by atoms with van der Waals surface area (Å²) in [5.41, 5.74) is 10.7. The highest BCUT2D eigenvalue weighted by atomic mass is 32.2. The van der Waals surface area contributed by atoms with E-state index < -0.39 is 0 Å². The van der Waals surface area contributed by atoms with Gasteiger partial charge in [0.1, 0.15) is 5.69 Å². The molecule has 6 heteroatoms. The molecular formula is C44H26N4OS. The lowest BCUT2D eigenvalue weighted by Crippen LogP contribution is -2.19. The van der Waals surface area contributed by atoms with E-state index in [1.165, 1.54) is 26.1 Å².